The van der Waals surface area contributed by atoms with Crippen molar-refractivity contribution in [3.05, 3.63) is 98.6 Å². The third-order valence-electron chi connectivity index (χ3n) is 13.3. The van der Waals surface area contributed by atoms with Crippen molar-refractivity contribution >= 4 is 23.6 Å². The van der Waals surface area contributed by atoms with Crippen LogP contribution >= 0.6 is 0 Å². The number of fused-ring (bicyclic) bond motifs is 2. The molecule has 12 nitrogen and oxygen atoms in total. The van der Waals surface area contributed by atoms with Crippen molar-refractivity contribution in [3.63, 3.8) is 0 Å². The van der Waals surface area contributed by atoms with Crippen LogP contribution in [0.4, 0.5) is 52.7 Å². The van der Waals surface area contributed by atoms with Gasteiger partial charge in [0.05, 0.1) is 22.5 Å². The summed E-state index contributed by atoms with van der Waals surface area (Å²) in [5.74, 6) is -5.11. The van der Waals surface area contributed by atoms with Crippen molar-refractivity contribution in [2.75, 3.05) is 39.3 Å². The third-order valence-corrected chi connectivity index (χ3v) is 13.3. The average Bonchev–Trinajstić information content (AvgIpc) is 3.80. The largest absolute Gasteiger partial charge is 0.416 e. The number of aromatic amines is 1. The van der Waals surface area contributed by atoms with E-state index in [1.165, 1.54) is 40.1 Å². The summed E-state index contributed by atoms with van der Waals surface area (Å²) in [6.45, 7) is -1.17. The second-order valence-electron chi connectivity index (χ2n) is 17.8. The van der Waals surface area contributed by atoms with E-state index in [4.69, 9.17) is 0 Å². The van der Waals surface area contributed by atoms with Crippen LogP contribution in [0.3, 0.4) is 0 Å². The monoisotopic (exact) mass is 988 g/mol. The van der Waals surface area contributed by atoms with Gasteiger partial charge in [-0.05, 0) is 79.7 Å². The number of carbonyl (C=O) groups excluding carboxylic acids is 4. The van der Waals surface area contributed by atoms with Gasteiger partial charge in [0.2, 0.25) is 11.8 Å². The lowest BCUT2D eigenvalue weighted by Gasteiger charge is -2.33. The number of likely N-dealkylation sites (tertiary alicyclic amines) is 2. The average molecular weight is 989 g/mol. The first kappa shape index (κ1) is 49.3. The van der Waals surface area contributed by atoms with Gasteiger partial charge in [-0.3, -0.25) is 24.3 Å². The lowest BCUT2D eigenvalue weighted by Crippen LogP contribution is -2.41. The highest BCUT2D eigenvalue weighted by Gasteiger charge is 2.42. The molecule has 8 rings (SSSR count). The van der Waals surface area contributed by atoms with E-state index in [0.717, 1.165) is 26.6 Å². The van der Waals surface area contributed by atoms with Gasteiger partial charge in [0.1, 0.15) is 12.8 Å². The highest BCUT2D eigenvalue weighted by molar-refractivity contribution is 5.95. The second kappa shape index (κ2) is 18.7. The molecule has 6 heterocycles. The Morgan fingerprint density at radius 3 is 1.67 bits per heavy atom. The predicted molar refractivity (Wildman–Crippen MR) is 219 cm³/mol. The van der Waals surface area contributed by atoms with E-state index < -0.39 is 90.7 Å². The molecule has 1 N–H and O–H groups in total. The first-order valence-corrected chi connectivity index (χ1v) is 22.2. The highest BCUT2D eigenvalue weighted by Crippen LogP contribution is 2.42. The van der Waals surface area contributed by atoms with Crippen LogP contribution in [0.1, 0.15) is 123 Å². The van der Waals surface area contributed by atoms with Crippen molar-refractivity contribution in [3.8, 4) is 5.69 Å². The Labute approximate surface area is 385 Å². The topological polar surface area (TPSA) is 128 Å². The number of benzene rings is 2. The van der Waals surface area contributed by atoms with Gasteiger partial charge in [-0.2, -0.15) is 62.9 Å². The van der Waals surface area contributed by atoms with Gasteiger partial charge in [0, 0.05) is 75.6 Å². The molecule has 0 bridgehead atoms. The van der Waals surface area contributed by atoms with Gasteiger partial charge in [0.25, 0.3) is 11.8 Å². The van der Waals surface area contributed by atoms with Crippen molar-refractivity contribution in [1.29, 1.82) is 0 Å². The van der Waals surface area contributed by atoms with Gasteiger partial charge < -0.3 is 19.6 Å². The van der Waals surface area contributed by atoms with Crippen LogP contribution in [0.25, 0.3) is 5.69 Å². The van der Waals surface area contributed by atoms with Crippen LogP contribution in [0.2, 0.25) is 0 Å². The molecule has 4 aromatic rings. The van der Waals surface area contributed by atoms with Gasteiger partial charge in [-0.25, -0.2) is 4.68 Å². The summed E-state index contributed by atoms with van der Waals surface area (Å²) in [5.41, 5.74) is -1.52. The predicted octanol–water partition coefficient (Wildman–Crippen LogP) is 8.74. The fraction of sp³-hybridized carbons (Fsp3) is 0.511. The van der Waals surface area contributed by atoms with Crippen LogP contribution in [-0.4, -0.2) is 115 Å². The summed E-state index contributed by atoms with van der Waals surface area (Å²) in [5, 5.41) is 11.3. The van der Waals surface area contributed by atoms with Crippen LogP contribution in [0.5, 0.6) is 0 Å². The molecule has 4 aliphatic rings. The molecular formula is C45H44F12N8O4. The molecule has 4 amide bonds. The van der Waals surface area contributed by atoms with Crippen LogP contribution in [-0.2, 0) is 47.9 Å². The molecular weight excluding hydrogens is 945 g/mol. The van der Waals surface area contributed by atoms with Crippen molar-refractivity contribution in [2.24, 2.45) is 0 Å². The third kappa shape index (κ3) is 10.7. The Bertz CT molecular complexity index is 2600. The van der Waals surface area contributed by atoms with Crippen molar-refractivity contribution in [2.45, 2.75) is 107 Å². The quantitative estimate of drug-likeness (QED) is 0.185. The molecule has 0 unspecified atom stereocenters. The summed E-state index contributed by atoms with van der Waals surface area (Å²) < 4.78 is 167. The molecule has 0 spiro atoms. The van der Waals surface area contributed by atoms with Crippen LogP contribution in [0.15, 0.2) is 42.5 Å². The van der Waals surface area contributed by atoms with Crippen LogP contribution < -0.4 is 0 Å². The maximum atomic E-state index is 15.0. The standard InChI is InChI=1S/C45H44F12N8O4/c46-42(47,48)21-36(66)63-14-3-6-34-30(23-63)38(59-58-34)40(68)61-15-11-26(12-16-61)29-8-7-27(20-33(29)45(55,56)57)65-35-13-19-64(37(67)22-43(49,50)51)24-31(35)39(60-65)41(69)62-17-9-25(10-18-62)28-4-1-2-5-32(28)44(52,53)54/h1-2,4-5,7-8,20,25-26H,3,6,9-19,21-24H2,(H,58,59). The number of nitrogens with one attached hydrogen (secondary N) is 1. The summed E-state index contributed by atoms with van der Waals surface area (Å²) in [4.78, 5) is 57.8. The number of amides is 4. The SMILES string of the molecule is O=C(CC(F)(F)F)N1CCCc2[nH]nc(C(=O)N3CCC(c4ccc(-n5nc(C(=O)N6CCC(c7ccccc7C(F)(F)F)CC6)c6c5CCN(C(=O)CC(F)(F)F)C6)cc4C(F)(F)F)CC3)c2C1. The number of halogens is 12. The molecule has 0 saturated carbocycles. The van der Waals surface area contributed by atoms with E-state index in [2.05, 4.69) is 15.3 Å². The van der Waals surface area contributed by atoms with Gasteiger partial charge in [0.15, 0.2) is 11.4 Å². The van der Waals surface area contributed by atoms with Gasteiger partial charge in [-0.15, -0.1) is 0 Å². The Morgan fingerprint density at radius 2 is 1.10 bits per heavy atom. The summed E-state index contributed by atoms with van der Waals surface area (Å²) >= 11 is 0. The van der Waals surface area contributed by atoms with E-state index in [0.29, 0.717) is 18.5 Å². The van der Waals surface area contributed by atoms with E-state index >= 15 is 13.2 Å². The molecule has 24 heteroatoms. The molecule has 2 fully saturated rings. The minimum absolute atomic E-state index is 0.0192. The highest BCUT2D eigenvalue weighted by atomic mass is 19.4. The Kier molecular flexibility index (Phi) is 13.3. The number of hydrogen-bond donors (Lipinski definition) is 1. The second-order valence-corrected chi connectivity index (χ2v) is 17.8. The fourth-order valence-electron chi connectivity index (χ4n) is 9.94. The number of aromatic nitrogens is 4. The Morgan fingerprint density at radius 1 is 0.580 bits per heavy atom. The van der Waals surface area contributed by atoms with Gasteiger partial charge in [-0.1, -0.05) is 24.3 Å². The normalized spacial score (nSPS) is 18.0. The minimum atomic E-state index is -4.94. The summed E-state index contributed by atoms with van der Waals surface area (Å²) in [6.07, 6.45) is -21.8. The lowest BCUT2D eigenvalue weighted by atomic mass is 9.86. The molecule has 69 heavy (non-hydrogen) atoms. The molecule has 372 valence electrons. The zero-order chi connectivity index (χ0) is 49.8. The Hall–Kier alpha value is -6.10. The van der Waals surface area contributed by atoms with E-state index in [1.807, 2.05) is 0 Å². The van der Waals surface area contributed by atoms with Gasteiger partial charge >= 0.3 is 24.7 Å². The Balaban J connectivity index is 1.03. The molecule has 0 radical (unpaired) electrons. The molecule has 2 saturated heterocycles. The first-order chi connectivity index (χ1) is 32.4. The zero-order valence-corrected chi connectivity index (χ0v) is 36.5. The fourth-order valence-corrected chi connectivity index (χ4v) is 9.94. The molecule has 4 aliphatic heterocycles. The number of hydrogen-bond acceptors (Lipinski definition) is 6. The van der Waals surface area contributed by atoms with Crippen molar-refractivity contribution in [1.82, 2.24) is 39.6 Å². The smallest absolute Gasteiger partial charge is 0.338 e. The number of rotatable bonds is 7. The van der Waals surface area contributed by atoms with E-state index in [-0.39, 0.29) is 123 Å². The maximum absolute atomic E-state index is 15.0. The number of H-pyrrole nitrogens is 1. The molecule has 2 aromatic carbocycles. The molecule has 2 aromatic heterocycles. The number of carbonyl (C=O) groups is 4. The molecule has 0 aliphatic carbocycles. The number of alkyl halides is 12. The van der Waals surface area contributed by atoms with E-state index in [1.54, 1.807) is 0 Å². The number of piperidine rings is 2. The van der Waals surface area contributed by atoms with Crippen LogP contribution in [0, 0.1) is 0 Å². The summed E-state index contributed by atoms with van der Waals surface area (Å²) in [7, 11) is 0. The minimum Gasteiger partial charge on any atom is -0.338 e. The maximum Gasteiger partial charge on any atom is 0.416 e. The molecule has 0 atom stereocenters. The first-order valence-electron chi connectivity index (χ1n) is 22.2. The lowest BCUT2D eigenvalue weighted by molar-refractivity contribution is -0.163. The zero-order valence-electron chi connectivity index (χ0n) is 36.5. The number of aryl methyl sites for hydroxylation is 1. The van der Waals surface area contributed by atoms with Crippen molar-refractivity contribution < 1.29 is 71.9 Å². The van der Waals surface area contributed by atoms with E-state index in [9.17, 15) is 58.7 Å². The number of nitrogens with zero attached hydrogens (tertiary/aromatic N) is 7. The summed E-state index contributed by atoms with van der Waals surface area (Å²) in [6, 6.07) is 8.51.